The molecule has 0 unspecified atom stereocenters. The number of rotatable bonds is 4. The van der Waals surface area contributed by atoms with E-state index in [-0.39, 0.29) is 21.5 Å². The summed E-state index contributed by atoms with van der Waals surface area (Å²) in [5.74, 6) is -1.23. The monoisotopic (exact) mass is 359 g/mol. The Kier molecular flexibility index (Phi) is 4.85. The first-order valence-electron chi connectivity index (χ1n) is 5.77. The van der Waals surface area contributed by atoms with Crippen LogP contribution in [-0.4, -0.2) is 12.5 Å². The number of nitrogens with one attached hydrogen (secondary N) is 1. The third-order valence-corrected chi connectivity index (χ3v) is 3.14. The summed E-state index contributed by atoms with van der Waals surface area (Å²) in [6.07, 6.45) is 0. The molecule has 0 heterocycles. The maximum absolute atomic E-state index is 13.1. The maximum Gasteiger partial charge on any atom is 0.387 e. The first-order chi connectivity index (χ1) is 9.97. The Hall–Kier alpha value is -2.02. The van der Waals surface area contributed by atoms with Crippen LogP contribution in [0.3, 0.4) is 0 Å². The van der Waals surface area contributed by atoms with Crippen LogP contribution in [0, 0.1) is 5.82 Å². The minimum atomic E-state index is -3.00. The van der Waals surface area contributed by atoms with Crippen LogP contribution in [0.5, 0.6) is 5.75 Å². The average Bonchev–Trinajstić information content (AvgIpc) is 2.43. The zero-order valence-electron chi connectivity index (χ0n) is 10.4. The maximum atomic E-state index is 13.1. The van der Waals surface area contributed by atoms with Crippen molar-refractivity contribution in [3.63, 3.8) is 0 Å². The van der Waals surface area contributed by atoms with E-state index in [0.717, 1.165) is 6.07 Å². The predicted molar refractivity (Wildman–Crippen MR) is 75.1 cm³/mol. The average molecular weight is 360 g/mol. The second kappa shape index (κ2) is 6.62. The fourth-order valence-electron chi connectivity index (χ4n) is 1.60. The van der Waals surface area contributed by atoms with Crippen molar-refractivity contribution in [1.82, 2.24) is 0 Å². The molecule has 0 aliphatic rings. The van der Waals surface area contributed by atoms with Crippen LogP contribution in [0.1, 0.15) is 10.4 Å². The molecule has 2 aromatic carbocycles. The number of hydrogen-bond donors (Lipinski definition) is 1. The van der Waals surface area contributed by atoms with Gasteiger partial charge in [-0.15, -0.1) is 0 Å². The van der Waals surface area contributed by atoms with Crippen molar-refractivity contribution in [3.8, 4) is 5.75 Å². The van der Waals surface area contributed by atoms with Crippen LogP contribution in [0.15, 0.2) is 46.9 Å². The molecule has 2 rings (SSSR count). The van der Waals surface area contributed by atoms with Crippen LogP contribution in [-0.2, 0) is 0 Å². The van der Waals surface area contributed by atoms with Gasteiger partial charge in [0, 0.05) is 5.56 Å². The minimum absolute atomic E-state index is 0.100. The molecule has 110 valence electrons. The van der Waals surface area contributed by atoms with Gasteiger partial charge in [0.1, 0.15) is 11.6 Å². The lowest BCUT2D eigenvalue weighted by atomic mass is 10.2. The van der Waals surface area contributed by atoms with Gasteiger partial charge in [0.2, 0.25) is 0 Å². The van der Waals surface area contributed by atoms with Crippen molar-refractivity contribution in [2.45, 2.75) is 6.61 Å². The summed E-state index contributed by atoms with van der Waals surface area (Å²) in [6, 6.07) is 9.50. The van der Waals surface area contributed by atoms with Gasteiger partial charge in [-0.1, -0.05) is 12.1 Å². The Balaban J connectivity index is 2.21. The molecule has 0 atom stereocenters. The summed E-state index contributed by atoms with van der Waals surface area (Å²) >= 11 is 2.97. The smallest absolute Gasteiger partial charge is 0.387 e. The molecular formula is C14H9BrF3NO2. The van der Waals surface area contributed by atoms with Crippen LogP contribution in [0.2, 0.25) is 0 Å². The number of ether oxygens (including phenoxy) is 1. The lowest BCUT2D eigenvalue weighted by molar-refractivity contribution is -0.0493. The quantitative estimate of drug-likeness (QED) is 0.876. The Labute approximate surface area is 126 Å². The van der Waals surface area contributed by atoms with E-state index >= 15 is 0 Å². The van der Waals surface area contributed by atoms with Crippen molar-refractivity contribution >= 4 is 27.5 Å². The lowest BCUT2D eigenvalue weighted by Crippen LogP contribution is -2.14. The molecular weight excluding hydrogens is 351 g/mol. The summed E-state index contributed by atoms with van der Waals surface area (Å²) in [5.41, 5.74) is 0.276. The molecule has 1 N–H and O–H groups in total. The van der Waals surface area contributed by atoms with E-state index in [2.05, 4.69) is 26.0 Å². The highest BCUT2D eigenvalue weighted by molar-refractivity contribution is 9.10. The molecule has 7 heteroatoms. The first-order valence-corrected chi connectivity index (χ1v) is 6.57. The highest BCUT2D eigenvalue weighted by Gasteiger charge is 2.13. The van der Waals surface area contributed by atoms with E-state index in [9.17, 15) is 18.0 Å². The van der Waals surface area contributed by atoms with Gasteiger partial charge in [0.15, 0.2) is 0 Å². The van der Waals surface area contributed by atoms with E-state index in [1.807, 2.05) is 0 Å². The van der Waals surface area contributed by atoms with Crippen molar-refractivity contribution in [2.75, 3.05) is 5.32 Å². The Bertz CT molecular complexity index is 664. The Morgan fingerprint density at radius 2 is 1.90 bits per heavy atom. The van der Waals surface area contributed by atoms with E-state index in [4.69, 9.17) is 0 Å². The zero-order chi connectivity index (χ0) is 15.4. The van der Waals surface area contributed by atoms with Gasteiger partial charge in [0.05, 0.1) is 10.2 Å². The number of alkyl halides is 2. The van der Waals surface area contributed by atoms with Crippen LogP contribution in [0.4, 0.5) is 18.9 Å². The molecule has 0 saturated heterocycles. The van der Waals surface area contributed by atoms with Crippen molar-refractivity contribution in [2.24, 2.45) is 0 Å². The molecule has 1 amide bonds. The lowest BCUT2D eigenvalue weighted by Gasteiger charge is -2.11. The number of anilines is 1. The number of benzene rings is 2. The molecule has 0 aliphatic heterocycles. The summed E-state index contributed by atoms with van der Waals surface area (Å²) in [5, 5.41) is 2.44. The molecule has 0 aromatic heterocycles. The fourth-order valence-corrected chi connectivity index (χ4v) is 1.98. The van der Waals surface area contributed by atoms with Gasteiger partial charge in [-0.05, 0) is 46.3 Å². The summed E-state index contributed by atoms with van der Waals surface area (Å²) in [4.78, 5) is 12.0. The predicted octanol–water partition coefficient (Wildman–Crippen LogP) is 4.44. The number of hydrogen-bond acceptors (Lipinski definition) is 2. The molecule has 0 aliphatic carbocycles. The summed E-state index contributed by atoms with van der Waals surface area (Å²) < 4.78 is 42.1. The van der Waals surface area contributed by atoms with Crippen LogP contribution >= 0.6 is 15.9 Å². The molecule has 0 radical (unpaired) electrons. The molecule has 0 saturated carbocycles. The van der Waals surface area contributed by atoms with Gasteiger partial charge in [0.25, 0.3) is 5.91 Å². The van der Waals surface area contributed by atoms with Gasteiger partial charge < -0.3 is 10.1 Å². The zero-order valence-corrected chi connectivity index (χ0v) is 12.0. The number of carbonyl (C=O) groups is 1. The third kappa shape index (κ3) is 3.98. The number of carbonyl (C=O) groups excluding carboxylic acids is 1. The second-order valence-electron chi connectivity index (χ2n) is 3.96. The normalized spacial score (nSPS) is 10.5. The second-order valence-corrected chi connectivity index (χ2v) is 4.81. The van der Waals surface area contributed by atoms with Crippen molar-refractivity contribution < 1.29 is 22.7 Å². The Morgan fingerprint density at radius 3 is 2.57 bits per heavy atom. The van der Waals surface area contributed by atoms with Gasteiger partial charge in [-0.2, -0.15) is 8.78 Å². The number of halogens is 4. The molecule has 2 aromatic rings. The molecule has 0 spiro atoms. The third-order valence-electron chi connectivity index (χ3n) is 2.53. The summed E-state index contributed by atoms with van der Waals surface area (Å²) in [6.45, 7) is -3.00. The molecule has 0 fully saturated rings. The van der Waals surface area contributed by atoms with E-state index in [0.29, 0.717) is 0 Å². The minimum Gasteiger partial charge on any atom is -0.433 e. The number of para-hydroxylation sites is 2. The highest BCUT2D eigenvalue weighted by Crippen LogP contribution is 2.26. The molecule has 3 nitrogen and oxygen atoms in total. The van der Waals surface area contributed by atoms with E-state index < -0.39 is 18.3 Å². The topological polar surface area (TPSA) is 38.3 Å². The van der Waals surface area contributed by atoms with E-state index in [1.54, 1.807) is 6.07 Å². The van der Waals surface area contributed by atoms with Crippen LogP contribution < -0.4 is 10.1 Å². The molecule has 0 bridgehead atoms. The van der Waals surface area contributed by atoms with Gasteiger partial charge in [-0.25, -0.2) is 4.39 Å². The summed E-state index contributed by atoms with van der Waals surface area (Å²) in [7, 11) is 0. The largest absolute Gasteiger partial charge is 0.433 e. The van der Waals surface area contributed by atoms with Crippen molar-refractivity contribution in [3.05, 3.63) is 58.3 Å². The Morgan fingerprint density at radius 1 is 1.19 bits per heavy atom. The highest BCUT2D eigenvalue weighted by atomic mass is 79.9. The first kappa shape index (κ1) is 15.4. The molecule has 21 heavy (non-hydrogen) atoms. The van der Waals surface area contributed by atoms with Gasteiger partial charge in [-0.3, -0.25) is 4.79 Å². The van der Waals surface area contributed by atoms with Gasteiger partial charge >= 0.3 is 6.61 Å². The SMILES string of the molecule is O=C(Nc1ccccc1OC(F)F)c1ccc(F)c(Br)c1. The van der Waals surface area contributed by atoms with E-state index in [1.165, 1.54) is 30.3 Å². The number of amides is 1. The van der Waals surface area contributed by atoms with Crippen molar-refractivity contribution in [1.29, 1.82) is 0 Å². The standard InChI is InChI=1S/C14H9BrF3NO2/c15-9-7-8(5-6-10(9)16)13(20)19-11-3-1-2-4-12(11)21-14(17)18/h1-7,14H,(H,19,20). The fraction of sp³-hybridized carbons (Fsp3) is 0.0714. The van der Waals surface area contributed by atoms with Crippen LogP contribution in [0.25, 0.3) is 0 Å².